The maximum absolute atomic E-state index is 5.82. The molecule has 8 heteroatoms. The van der Waals surface area contributed by atoms with E-state index in [0.717, 1.165) is 60.2 Å². The Labute approximate surface area is 191 Å². The summed E-state index contributed by atoms with van der Waals surface area (Å²) in [5, 5.41) is 6.05. The largest absolute Gasteiger partial charge is 0.454 e. The van der Waals surface area contributed by atoms with Crippen LogP contribution in [0, 0.1) is 11.7 Å². The lowest BCUT2D eigenvalue weighted by Gasteiger charge is -2.34. The Balaban J connectivity index is 1.16. The van der Waals surface area contributed by atoms with Gasteiger partial charge in [-0.05, 0) is 54.5 Å². The van der Waals surface area contributed by atoms with Crippen LogP contribution in [-0.4, -0.2) is 57.0 Å². The lowest BCUT2D eigenvalue weighted by molar-refractivity contribution is 0.0982. The predicted molar refractivity (Wildman–Crippen MR) is 126 cm³/mol. The highest BCUT2D eigenvalue weighted by molar-refractivity contribution is 7.71. The average molecular weight is 448 g/mol. The Morgan fingerprint density at radius 3 is 2.59 bits per heavy atom. The topological polar surface area (TPSA) is 47.2 Å². The molecule has 7 nitrogen and oxygen atoms in total. The van der Waals surface area contributed by atoms with Crippen LogP contribution in [0.2, 0.25) is 0 Å². The minimum Gasteiger partial charge on any atom is -0.454 e. The minimum absolute atomic E-state index is 0.318. The third kappa shape index (κ3) is 3.44. The molecule has 1 fully saturated rings. The molecule has 2 aromatic heterocycles. The summed E-state index contributed by atoms with van der Waals surface area (Å²) in [4.78, 5) is 4.90. The van der Waals surface area contributed by atoms with Crippen LogP contribution in [0.5, 0.6) is 11.5 Å². The van der Waals surface area contributed by atoms with Gasteiger partial charge in [-0.25, -0.2) is 4.68 Å². The number of hydrogen-bond donors (Lipinski definition) is 0. The smallest absolute Gasteiger partial charge is 0.231 e. The summed E-state index contributed by atoms with van der Waals surface area (Å²) in [6.07, 6.45) is 0. The molecule has 2 aromatic carbocycles. The van der Waals surface area contributed by atoms with Crippen molar-refractivity contribution in [3.8, 4) is 11.5 Å². The van der Waals surface area contributed by atoms with Crippen LogP contribution in [0.1, 0.15) is 11.1 Å². The number of benzene rings is 2. The van der Waals surface area contributed by atoms with E-state index in [0.29, 0.717) is 13.5 Å². The number of aromatic nitrogens is 3. The van der Waals surface area contributed by atoms with Crippen molar-refractivity contribution < 1.29 is 9.47 Å². The fourth-order valence-corrected chi connectivity index (χ4v) is 4.98. The van der Waals surface area contributed by atoms with Crippen molar-refractivity contribution in [1.82, 2.24) is 24.0 Å². The highest BCUT2D eigenvalue weighted by Crippen LogP contribution is 2.33. The number of fused-ring (bicyclic) bond motifs is 4. The fourth-order valence-electron chi connectivity index (χ4n) is 4.69. The molecule has 0 atom stereocenters. The third-order valence-electron chi connectivity index (χ3n) is 6.42. The molecule has 0 aliphatic carbocycles. The summed E-state index contributed by atoms with van der Waals surface area (Å²) in [7, 11) is 0. The maximum atomic E-state index is 5.82. The van der Waals surface area contributed by atoms with E-state index in [4.69, 9.17) is 26.8 Å². The first-order valence-corrected chi connectivity index (χ1v) is 11.4. The van der Waals surface area contributed by atoms with Crippen molar-refractivity contribution in [3.05, 3.63) is 64.4 Å². The van der Waals surface area contributed by atoms with Crippen LogP contribution >= 0.6 is 12.2 Å². The summed E-state index contributed by atoms with van der Waals surface area (Å²) < 4.78 is 15.7. The number of ether oxygens (including phenoxy) is 2. The molecule has 2 aliphatic heterocycles. The van der Waals surface area contributed by atoms with Crippen LogP contribution in [0.4, 0.5) is 0 Å². The SMILES string of the molecule is Cc1cc2nn(CN3CCN(Cc4ccc5c(c4)OCO5)CC3)c(=S)n2c2ccccc12. The molecule has 4 heterocycles. The average Bonchev–Trinajstić information content (AvgIpc) is 3.39. The molecule has 0 N–H and O–H groups in total. The Morgan fingerprint density at radius 1 is 0.938 bits per heavy atom. The Hall–Kier alpha value is -2.94. The summed E-state index contributed by atoms with van der Waals surface area (Å²) in [5.74, 6) is 1.69. The standard InChI is InChI=1S/C24H25N5O2S/c1-17-12-23-25-28(24(32)29(23)20-5-3-2-4-19(17)20)15-27-10-8-26(9-11-27)14-18-6-7-21-22(13-18)31-16-30-21/h2-7,12-13H,8-11,14-16H2,1H3. The molecule has 6 rings (SSSR count). The molecule has 4 aromatic rings. The molecule has 32 heavy (non-hydrogen) atoms. The summed E-state index contributed by atoms with van der Waals surface area (Å²) >= 11 is 5.82. The van der Waals surface area contributed by atoms with Crippen molar-refractivity contribution in [2.75, 3.05) is 33.0 Å². The second-order valence-electron chi connectivity index (χ2n) is 8.54. The Bertz CT molecular complexity index is 1370. The zero-order valence-electron chi connectivity index (χ0n) is 18.0. The van der Waals surface area contributed by atoms with Crippen LogP contribution in [0.15, 0.2) is 48.5 Å². The highest BCUT2D eigenvalue weighted by Gasteiger charge is 2.20. The normalized spacial score (nSPS) is 16.9. The summed E-state index contributed by atoms with van der Waals surface area (Å²) in [6, 6.07) is 16.7. The lowest BCUT2D eigenvalue weighted by atomic mass is 10.1. The number of hydrogen-bond acceptors (Lipinski definition) is 6. The van der Waals surface area contributed by atoms with E-state index in [1.807, 2.05) is 10.7 Å². The Kier molecular flexibility index (Phi) is 4.86. The van der Waals surface area contributed by atoms with Gasteiger partial charge in [0.2, 0.25) is 11.6 Å². The molecule has 0 amide bonds. The first-order chi connectivity index (χ1) is 15.7. The lowest BCUT2D eigenvalue weighted by Crippen LogP contribution is -2.46. The van der Waals surface area contributed by atoms with Gasteiger partial charge in [0.1, 0.15) is 0 Å². The number of rotatable bonds is 4. The van der Waals surface area contributed by atoms with E-state index < -0.39 is 0 Å². The van der Waals surface area contributed by atoms with Gasteiger partial charge in [-0.2, -0.15) is 5.10 Å². The monoisotopic (exact) mass is 447 g/mol. The number of pyridine rings is 1. The summed E-state index contributed by atoms with van der Waals surface area (Å²) in [5.41, 5.74) is 4.50. The first kappa shape index (κ1) is 19.7. The van der Waals surface area contributed by atoms with Gasteiger partial charge in [0, 0.05) is 38.1 Å². The van der Waals surface area contributed by atoms with Crippen molar-refractivity contribution in [1.29, 1.82) is 0 Å². The highest BCUT2D eigenvalue weighted by atomic mass is 32.1. The van der Waals surface area contributed by atoms with Crippen molar-refractivity contribution in [2.24, 2.45) is 0 Å². The van der Waals surface area contributed by atoms with E-state index >= 15 is 0 Å². The number of piperazine rings is 1. The molecule has 0 saturated carbocycles. The van der Waals surface area contributed by atoms with Crippen molar-refractivity contribution in [2.45, 2.75) is 20.1 Å². The number of nitrogens with zero attached hydrogens (tertiary/aromatic N) is 5. The van der Waals surface area contributed by atoms with Gasteiger partial charge >= 0.3 is 0 Å². The van der Waals surface area contributed by atoms with E-state index in [9.17, 15) is 0 Å². The van der Waals surface area contributed by atoms with Gasteiger partial charge in [-0.3, -0.25) is 14.2 Å². The third-order valence-corrected chi connectivity index (χ3v) is 6.82. The van der Waals surface area contributed by atoms with Crippen LogP contribution < -0.4 is 9.47 Å². The Morgan fingerprint density at radius 2 is 1.72 bits per heavy atom. The van der Waals surface area contributed by atoms with Gasteiger partial charge in [-0.1, -0.05) is 24.3 Å². The van der Waals surface area contributed by atoms with Crippen molar-refractivity contribution in [3.63, 3.8) is 0 Å². The van der Waals surface area contributed by atoms with Crippen LogP contribution in [-0.2, 0) is 13.2 Å². The van der Waals surface area contributed by atoms with Gasteiger partial charge in [0.25, 0.3) is 0 Å². The first-order valence-electron chi connectivity index (χ1n) is 11.0. The maximum Gasteiger partial charge on any atom is 0.231 e. The second-order valence-corrected chi connectivity index (χ2v) is 8.91. The zero-order chi connectivity index (χ0) is 21.7. The van der Waals surface area contributed by atoms with Gasteiger partial charge < -0.3 is 9.47 Å². The minimum atomic E-state index is 0.318. The van der Waals surface area contributed by atoms with Crippen LogP contribution in [0.3, 0.4) is 0 Å². The van der Waals surface area contributed by atoms with Crippen LogP contribution in [0.25, 0.3) is 16.6 Å². The molecule has 0 unspecified atom stereocenters. The van der Waals surface area contributed by atoms with Crippen molar-refractivity contribution >= 4 is 28.8 Å². The molecular formula is C24H25N5O2S. The quantitative estimate of drug-likeness (QED) is 0.443. The molecule has 0 bridgehead atoms. The second kappa shape index (κ2) is 7.88. The van der Waals surface area contributed by atoms with E-state index in [-0.39, 0.29) is 0 Å². The number of aryl methyl sites for hydroxylation is 1. The molecule has 0 spiro atoms. The van der Waals surface area contributed by atoms with E-state index in [1.165, 1.54) is 16.5 Å². The predicted octanol–water partition coefficient (Wildman–Crippen LogP) is 3.83. The number of para-hydroxylation sites is 1. The fraction of sp³-hybridized carbons (Fsp3) is 0.333. The molecular weight excluding hydrogens is 422 g/mol. The van der Waals surface area contributed by atoms with E-state index in [2.05, 4.69) is 63.6 Å². The van der Waals surface area contributed by atoms with Gasteiger partial charge in [0.15, 0.2) is 17.1 Å². The van der Waals surface area contributed by atoms with E-state index in [1.54, 1.807) is 0 Å². The van der Waals surface area contributed by atoms with Gasteiger partial charge in [-0.15, -0.1) is 0 Å². The summed E-state index contributed by atoms with van der Waals surface area (Å²) in [6.45, 7) is 8.08. The zero-order valence-corrected chi connectivity index (χ0v) is 18.8. The molecule has 1 saturated heterocycles. The molecule has 164 valence electrons. The molecule has 2 aliphatic rings. The van der Waals surface area contributed by atoms with Gasteiger partial charge in [0.05, 0.1) is 12.2 Å². The molecule has 0 radical (unpaired) electrons.